The van der Waals surface area contributed by atoms with Gasteiger partial charge in [0.1, 0.15) is 11.5 Å². The summed E-state index contributed by atoms with van der Waals surface area (Å²) in [5.74, 6) is 0.204. The number of nitrogens with zero attached hydrogens (tertiary/aromatic N) is 4. The first-order valence-electron chi connectivity index (χ1n) is 9.22. The van der Waals surface area contributed by atoms with Crippen LogP contribution in [0.25, 0.3) is 0 Å². The maximum absolute atomic E-state index is 14.9. The van der Waals surface area contributed by atoms with Crippen LogP contribution in [0.1, 0.15) is 32.1 Å². The molecule has 1 saturated carbocycles. The standard InChI is InChI=1S/C18H25FN6O/c19-13-5-4-6-14(15(13)24-9-11-26-12-10-24)25-17(21)22-16(20)23-18(25)7-2-1-3-8-18/h4-6H,1-3,7-12H2,(H4,20,21,22,23). The summed E-state index contributed by atoms with van der Waals surface area (Å²) in [6.07, 6.45) is 4.86. The van der Waals surface area contributed by atoms with Gasteiger partial charge in [0.15, 0.2) is 0 Å². The summed E-state index contributed by atoms with van der Waals surface area (Å²) in [4.78, 5) is 12.8. The maximum Gasteiger partial charge on any atom is 0.220 e. The van der Waals surface area contributed by atoms with Crippen LogP contribution in [0.4, 0.5) is 15.8 Å². The molecule has 0 unspecified atom stereocenters. The molecule has 2 fully saturated rings. The van der Waals surface area contributed by atoms with E-state index >= 15 is 0 Å². The van der Waals surface area contributed by atoms with Crippen molar-refractivity contribution in [2.24, 2.45) is 21.5 Å². The van der Waals surface area contributed by atoms with Crippen LogP contribution in [0.3, 0.4) is 0 Å². The lowest BCUT2D eigenvalue weighted by Gasteiger charge is -2.47. The smallest absolute Gasteiger partial charge is 0.220 e. The average molecular weight is 360 g/mol. The number of ether oxygens (including phenoxy) is 1. The number of guanidine groups is 2. The number of rotatable bonds is 2. The monoisotopic (exact) mass is 360 g/mol. The highest BCUT2D eigenvalue weighted by Gasteiger charge is 2.44. The van der Waals surface area contributed by atoms with Crippen LogP contribution in [-0.2, 0) is 4.74 Å². The number of halogens is 1. The van der Waals surface area contributed by atoms with Gasteiger partial charge in [-0.3, -0.25) is 4.90 Å². The fourth-order valence-electron chi connectivity index (χ4n) is 4.25. The third-order valence-corrected chi connectivity index (χ3v) is 5.39. The van der Waals surface area contributed by atoms with Crippen LogP contribution >= 0.6 is 0 Å². The van der Waals surface area contributed by atoms with E-state index in [4.69, 9.17) is 16.2 Å². The lowest BCUT2D eigenvalue weighted by molar-refractivity contribution is 0.122. The normalized spacial score (nSPS) is 23.0. The topological polar surface area (TPSA) is 92.5 Å². The van der Waals surface area contributed by atoms with E-state index in [0.29, 0.717) is 37.7 Å². The molecule has 0 aromatic heterocycles. The summed E-state index contributed by atoms with van der Waals surface area (Å²) in [6.45, 7) is 2.43. The van der Waals surface area contributed by atoms with Crippen molar-refractivity contribution in [3.05, 3.63) is 24.0 Å². The fraction of sp³-hybridized carbons (Fsp3) is 0.556. The Labute approximate surface area is 152 Å². The third-order valence-electron chi connectivity index (χ3n) is 5.39. The number of aliphatic imine (C=N–C) groups is 2. The number of nitrogens with two attached hydrogens (primary N) is 2. The van der Waals surface area contributed by atoms with Crippen molar-refractivity contribution in [3.8, 4) is 0 Å². The molecule has 0 amide bonds. The molecule has 0 bridgehead atoms. The first-order chi connectivity index (χ1) is 12.6. The Morgan fingerprint density at radius 1 is 1.08 bits per heavy atom. The lowest BCUT2D eigenvalue weighted by atomic mass is 9.87. The number of benzene rings is 1. The zero-order valence-electron chi connectivity index (χ0n) is 14.8. The second kappa shape index (κ2) is 6.75. The molecule has 140 valence electrons. The van der Waals surface area contributed by atoms with Crippen molar-refractivity contribution in [1.82, 2.24) is 0 Å². The Kier molecular flexibility index (Phi) is 4.44. The van der Waals surface area contributed by atoms with Crippen LogP contribution in [-0.4, -0.2) is 43.9 Å². The van der Waals surface area contributed by atoms with Crippen LogP contribution in [0.15, 0.2) is 28.2 Å². The van der Waals surface area contributed by atoms with Crippen LogP contribution in [0, 0.1) is 5.82 Å². The van der Waals surface area contributed by atoms with Crippen molar-refractivity contribution in [2.45, 2.75) is 37.8 Å². The Balaban J connectivity index is 1.82. The highest BCUT2D eigenvalue weighted by atomic mass is 19.1. The van der Waals surface area contributed by atoms with Gasteiger partial charge in [-0.1, -0.05) is 12.5 Å². The van der Waals surface area contributed by atoms with Gasteiger partial charge >= 0.3 is 0 Å². The van der Waals surface area contributed by atoms with Gasteiger partial charge in [0, 0.05) is 13.1 Å². The van der Waals surface area contributed by atoms with E-state index in [1.54, 1.807) is 6.07 Å². The molecule has 8 heteroatoms. The van der Waals surface area contributed by atoms with Crippen molar-refractivity contribution in [3.63, 3.8) is 0 Å². The molecule has 0 atom stereocenters. The van der Waals surface area contributed by atoms with Crippen molar-refractivity contribution >= 4 is 23.3 Å². The van der Waals surface area contributed by atoms with Crippen molar-refractivity contribution in [2.75, 3.05) is 36.1 Å². The minimum atomic E-state index is -0.580. The predicted octanol–water partition coefficient (Wildman–Crippen LogP) is 1.77. The summed E-state index contributed by atoms with van der Waals surface area (Å²) >= 11 is 0. The molecule has 4 N–H and O–H groups in total. The fourth-order valence-corrected chi connectivity index (χ4v) is 4.25. The Hall–Kier alpha value is -2.35. The van der Waals surface area contributed by atoms with Gasteiger partial charge < -0.3 is 21.1 Å². The van der Waals surface area contributed by atoms with E-state index in [1.165, 1.54) is 6.07 Å². The number of para-hydroxylation sites is 1. The summed E-state index contributed by atoms with van der Waals surface area (Å²) in [5, 5.41) is 0. The highest BCUT2D eigenvalue weighted by molar-refractivity contribution is 6.07. The van der Waals surface area contributed by atoms with E-state index in [2.05, 4.69) is 9.98 Å². The van der Waals surface area contributed by atoms with E-state index < -0.39 is 5.66 Å². The average Bonchev–Trinajstić information content (AvgIpc) is 2.62. The van der Waals surface area contributed by atoms with E-state index in [0.717, 1.165) is 32.1 Å². The Bertz CT molecular complexity index is 737. The van der Waals surface area contributed by atoms with Crippen molar-refractivity contribution < 1.29 is 9.13 Å². The zero-order chi connectivity index (χ0) is 18.1. The molecule has 1 aromatic rings. The first-order valence-corrected chi connectivity index (χ1v) is 9.22. The number of hydrogen-bond donors (Lipinski definition) is 2. The minimum Gasteiger partial charge on any atom is -0.378 e. The molecule has 1 saturated heterocycles. The summed E-state index contributed by atoms with van der Waals surface area (Å²) in [7, 11) is 0. The van der Waals surface area contributed by atoms with E-state index in [-0.39, 0.29) is 17.7 Å². The van der Waals surface area contributed by atoms with Crippen molar-refractivity contribution in [1.29, 1.82) is 0 Å². The molecule has 3 aliphatic rings. The van der Waals surface area contributed by atoms with E-state index in [1.807, 2.05) is 15.9 Å². The molecule has 26 heavy (non-hydrogen) atoms. The number of hydrogen-bond acceptors (Lipinski definition) is 7. The molecule has 1 aliphatic carbocycles. The zero-order valence-corrected chi connectivity index (χ0v) is 14.8. The van der Waals surface area contributed by atoms with Gasteiger partial charge in [0.2, 0.25) is 11.9 Å². The first kappa shape index (κ1) is 17.1. The SMILES string of the molecule is NC1=NC2(CCCCC2)N(c2cccc(F)c2N2CCOCC2)C(N)=N1. The number of anilines is 2. The second-order valence-corrected chi connectivity index (χ2v) is 7.03. The largest absolute Gasteiger partial charge is 0.378 e. The van der Waals surface area contributed by atoms with Crippen LogP contribution < -0.4 is 21.3 Å². The minimum absolute atomic E-state index is 0.199. The quantitative estimate of drug-likeness (QED) is 0.839. The van der Waals surface area contributed by atoms with Gasteiger partial charge in [-0.2, -0.15) is 4.99 Å². The predicted molar refractivity (Wildman–Crippen MR) is 101 cm³/mol. The maximum atomic E-state index is 14.9. The Morgan fingerprint density at radius 2 is 1.81 bits per heavy atom. The van der Waals surface area contributed by atoms with Gasteiger partial charge in [-0.25, -0.2) is 9.38 Å². The molecule has 2 aliphatic heterocycles. The number of morpholine rings is 1. The van der Waals surface area contributed by atoms with Crippen LogP contribution in [0.2, 0.25) is 0 Å². The van der Waals surface area contributed by atoms with Gasteiger partial charge in [0.25, 0.3) is 0 Å². The summed E-state index contributed by atoms with van der Waals surface area (Å²) in [5.41, 5.74) is 12.9. The molecule has 1 spiro atoms. The summed E-state index contributed by atoms with van der Waals surface area (Å²) < 4.78 is 20.3. The van der Waals surface area contributed by atoms with Gasteiger partial charge in [-0.15, -0.1) is 0 Å². The molecular formula is C18H25FN6O. The third kappa shape index (κ3) is 2.88. The van der Waals surface area contributed by atoms with Gasteiger partial charge in [-0.05, 0) is 37.8 Å². The summed E-state index contributed by atoms with van der Waals surface area (Å²) in [6, 6.07) is 5.08. The lowest BCUT2D eigenvalue weighted by Crippen LogP contribution is -2.58. The van der Waals surface area contributed by atoms with E-state index in [9.17, 15) is 4.39 Å². The van der Waals surface area contributed by atoms with Crippen LogP contribution in [0.5, 0.6) is 0 Å². The molecule has 4 rings (SSSR count). The highest BCUT2D eigenvalue weighted by Crippen LogP contribution is 2.43. The molecule has 1 aromatic carbocycles. The molecule has 7 nitrogen and oxygen atoms in total. The second-order valence-electron chi connectivity index (χ2n) is 7.03. The Morgan fingerprint density at radius 3 is 2.54 bits per heavy atom. The molecule has 2 heterocycles. The molecular weight excluding hydrogens is 335 g/mol. The molecule has 0 radical (unpaired) electrons. The van der Waals surface area contributed by atoms with Gasteiger partial charge in [0.05, 0.1) is 24.6 Å².